The van der Waals surface area contributed by atoms with Gasteiger partial charge in [-0.2, -0.15) is 5.10 Å². The largest absolute Gasteiger partial charge is 0.308 e. The second-order valence-corrected chi connectivity index (χ2v) is 4.66. The van der Waals surface area contributed by atoms with Crippen LogP contribution in [0.4, 0.5) is 4.39 Å². The van der Waals surface area contributed by atoms with Crippen LogP contribution in [0, 0.1) is 12.7 Å². The van der Waals surface area contributed by atoms with Gasteiger partial charge in [-0.15, -0.1) is 0 Å². The first-order chi connectivity index (χ1) is 8.56. The van der Waals surface area contributed by atoms with Gasteiger partial charge in [0.2, 0.25) is 0 Å². The second-order valence-electron chi connectivity index (χ2n) is 4.25. The van der Waals surface area contributed by atoms with Crippen LogP contribution in [-0.2, 0) is 20.1 Å². The Balaban J connectivity index is 1.96. The van der Waals surface area contributed by atoms with Crippen LogP contribution in [0.1, 0.15) is 16.8 Å². The number of nitrogens with zero attached hydrogens (tertiary/aromatic N) is 2. The highest BCUT2D eigenvalue weighted by molar-refractivity contribution is 6.31. The Morgan fingerprint density at radius 3 is 2.72 bits per heavy atom. The van der Waals surface area contributed by atoms with Gasteiger partial charge in [-0.1, -0.05) is 11.6 Å². The number of benzene rings is 1. The van der Waals surface area contributed by atoms with Crippen LogP contribution >= 0.6 is 11.6 Å². The molecule has 2 rings (SSSR count). The van der Waals surface area contributed by atoms with Gasteiger partial charge in [0.05, 0.1) is 5.69 Å². The predicted molar refractivity (Wildman–Crippen MR) is 69.9 cm³/mol. The van der Waals surface area contributed by atoms with Gasteiger partial charge in [-0.3, -0.25) is 4.68 Å². The molecule has 3 nitrogen and oxygen atoms in total. The molecule has 1 N–H and O–H groups in total. The molecule has 1 aromatic heterocycles. The lowest BCUT2D eigenvalue weighted by Gasteiger charge is -2.06. The van der Waals surface area contributed by atoms with E-state index in [0.29, 0.717) is 18.1 Å². The van der Waals surface area contributed by atoms with Crippen molar-refractivity contribution >= 4 is 11.6 Å². The van der Waals surface area contributed by atoms with E-state index in [1.54, 1.807) is 10.7 Å². The molecule has 0 spiro atoms. The lowest BCUT2D eigenvalue weighted by Crippen LogP contribution is -2.13. The zero-order chi connectivity index (χ0) is 13.1. The zero-order valence-electron chi connectivity index (χ0n) is 10.4. The third kappa shape index (κ3) is 3.09. The van der Waals surface area contributed by atoms with E-state index in [4.69, 9.17) is 11.6 Å². The molecule has 0 amide bonds. The van der Waals surface area contributed by atoms with E-state index in [1.165, 1.54) is 12.1 Å². The van der Waals surface area contributed by atoms with E-state index in [1.807, 2.05) is 20.2 Å². The summed E-state index contributed by atoms with van der Waals surface area (Å²) in [6.07, 6.45) is 1.97. The van der Waals surface area contributed by atoms with Gasteiger partial charge in [-0.05, 0) is 30.7 Å². The fraction of sp³-hybridized carbons (Fsp3) is 0.308. The van der Waals surface area contributed by atoms with Gasteiger partial charge in [0.25, 0.3) is 0 Å². The molecule has 96 valence electrons. The zero-order valence-corrected chi connectivity index (χ0v) is 11.1. The second kappa shape index (κ2) is 5.50. The Bertz CT molecular complexity index is 551. The van der Waals surface area contributed by atoms with E-state index >= 15 is 0 Å². The third-order valence-electron chi connectivity index (χ3n) is 2.75. The van der Waals surface area contributed by atoms with Crippen LogP contribution in [0.3, 0.4) is 0 Å². The van der Waals surface area contributed by atoms with Crippen LogP contribution in [-0.4, -0.2) is 9.78 Å². The van der Waals surface area contributed by atoms with E-state index < -0.39 is 0 Å². The fourth-order valence-corrected chi connectivity index (χ4v) is 2.02. The summed E-state index contributed by atoms with van der Waals surface area (Å²) in [5.41, 5.74) is 2.89. The molecule has 0 aliphatic carbocycles. The minimum atomic E-state index is -0.270. The molecule has 1 heterocycles. The summed E-state index contributed by atoms with van der Waals surface area (Å²) in [6, 6.07) is 4.38. The highest BCUT2D eigenvalue weighted by atomic mass is 35.5. The van der Waals surface area contributed by atoms with Crippen LogP contribution < -0.4 is 5.32 Å². The molecule has 0 radical (unpaired) electrons. The summed E-state index contributed by atoms with van der Waals surface area (Å²) in [4.78, 5) is 0. The number of aromatic nitrogens is 2. The van der Waals surface area contributed by atoms with Crippen molar-refractivity contribution in [1.29, 1.82) is 0 Å². The van der Waals surface area contributed by atoms with Gasteiger partial charge in [-0.25, -0.2) is 4.39 Å². The molecular formula is C13H15ClFN3. The molecule has 18 heavy (non-hydrogen) atoms. The molecule has 0 saturated carbocycles. The van der Waals surface area contributed by atoms with E-state index in [0.717, 1.165) is 16.8 Å². The van der Waals surface area contributed by atoms with Gasteiger partial charge >= 0.3 is 0 Å². The fourth-order valence-electron chi connectivity index (χ4n) is 1.83. The first kappa shape index (κ1) is 13.1. The summed E-state index contributed by atoms with van der Waals surface area (Å²) < 4.78 is 14.8. The molecule has 0 aliphatic rings. The van der Waals surface area contributed by atoms with Crippen molar-refractivity contribution in [3.05, 3.63) is 52.1 Å². The van der Waals surface area contributed by atoms with Crippen molar-refractivity contribution in [3.63, 3.8) is 0 Å². The summed E-state index contributed by atoms with van der Waals surface area (Å²) >= 11 is 5.99. The topological polar surface area (TPSA) is 29.9 Å². The van der Waals surface area contributed by atoms with Crippen molar-refractivity contribution in [1.82, 2.24) is 15.1 Å². The molecule has 2 aromatic rings. The highest BCUT2D eigenvalue weighted by Crippen LogP contribution is 2.17. The molecule has 5 heteroatoms. The average molecular weight is 268 g/mol. The normalized spacial score (nSPS) is 10.9. The summed E-state index contributed by atoms with van der Waals surface area (Å²) in [6.45, 7) is 3.18. The summed E-state index contributed by atoms with van der Waals surface area (Å²) in [5, 5.41) is 8.07. The SMILES string of the molecule is Cc1nn(C)cc1CNCc1cc(F)ccc1Cl. The molecule has 0 saturated heterocycles. The van der Waals surface area contributed by atoms with E-state index in [2.05, 4.69) is 10.4 Å². The van der Waals surface area contributed by atoms with Crippen LogP contribution in [0.25, 0.3) is 0 Å². The molecule has 0 bridgehead atoms. The van der Waals surface area contributed by atoms with Gasteiger partial charge < -0.3 is 5.32 Å². The number of hydrogen-bond acceptors (Lipinski definition) is 2. The number of halogens is 2. The monoisotopic (exact) mass is 267 g/mol. The lowest BCUT2D eigenvalue weighted by molar-refractivity contribution is 0.620. The maximum Gasteiger partial charge on any atom is 0.123 e. The molecule has 1 aromatic carbocycles. The number of nitrogens with one attached hydrogen (secondary N) is 1. The average Bonchev–Trinajstić information content (AvgIpc) is 2.62. The van der Waals surface area contributed by atoms with Crippen molar-refractivity contribution < 1.29 is 4.39 Å². The molecule has 0 fully saturated rings. The minimum absolute atomic E-state index is 0.270. The third-order valence-corrected chi connectivity index (χ3v) is 3.12. The Kier molecular flexibility index (Phi) is 3.99. The predicted octanol–water partition coefficient (Wildman–Crippen LogP) is 2.81. The number of rotatable bonds is 4. The van der Waals surface area contributed by atoms with Crippen LogP contribution in [0.15, 0.2) is 24.4 Å². The molecule has 0 unspecified atom stereocenters. The standard InChI is InChI=1S/C13H15ClFN3/c1-9-11(8-18(2)17-9)7-16-6-10-5-12(15)3-4-13(10)14/h3-5,8,16H,6-7H2,1-2H3. The first-order valence-corrected chi connectivity index (χ1v) is 6.08. The lowest BCUT2D eigenvalue weighted by atomic mass is 10.2. The smallest absolute Gasteiger partial charge is 0.123 e. The summed E-state index contributed by atoms with van der Waals surface area (Å²) in [7, 11) is 1.89. The van der Waals surface area contributed by atoms with Crippen molar-refractivity contribution in [2.24, 2.45) is 7.05 Å². The van der Waals surface area contributed by atoms with E-state index in [9.17, 15) is 4.39 Å². The summed E-state index contributed by atoms with van der Waals surface area (Å²) in [5.74, 6) is -0.270. The van der Waals surface area contributed by atoms with Crippen molar-refractivity contribution in [3.8, 4) is 0 Å². The maximum absolute atomic E-state index is 13.1. The Hall–Kier alpha value is -1.39. The minimum Gasteiger partial charge on any atom is -0.308 e. The maximum atomic E-state index is 13.1. The highest BCUT2D eigenvalue weighted by Gasteiger charge is 2.04. The van der Waals surface area contributed by atoms with Crippen molar-refractivity contribution in [2.45, 2.75) is 20.0 Å². The van der Waals surface area contributed by atoms with E-state index in [-0.39, 0.29) is 5.82 Å². The van der Waals surface area contributed by atoms with Gasteiger partial charge in [0.15, 0.2) is 0 Å². The quantitative estimate of drug-likeness (QED) is 0.923. The number of aryl methyl sites for hydroxylation is 2. The molecular weight excluding hydrogens is 253 g/mol. The first-order valence-electron chi connectivity index (χ1n) is 5.70. The van der Waals surface area contributed by atoms with Crippen LogP contribution in [0.2, 0.25) is 5.02 Å². The van der Waals surface area contributed by atoms with Crippen LogP contribution in [0.5, 0.6) is 0 Å². The number of hydrogen-bond donors (Lipinski definition) is 1. The molecule has 0 aliphatic heterocycles. The van der Waals surface area contributed by atoms with Gasteiger partial charge in [0.1, 0.15) is 5.82 Å². The van der Waals surface area contributed by atoms with Crippen molar-refractivity contribution in [2.75, 3.05) is 0 Å². The Morgan fingerprint density at radius 1 is 1.33 bits per heavy atom. The Labute approximate surface area is 111 Å². The Morgan fingerprint density at radius 2 is 2.06 bits per heavy atom. The molecule has 0 atom stereocenters. The van der Waals surface area contributed by atoms with Gasteiger partial charge in [0, 0.05) is 36.9 Å².